The molecule has 2 heterocycles. The van der Waals surface area contributed by atoms with Crippen LogP contribution >= 0.6 is 0 Å². The second-order valence-electron chi connectivity index (χ2n) is 5.60. The molecule has 2 aliphatic rings. The molecule has 116 valence electrons. The quantitative estimate of drug-likeness (QED) is 0.782. The van der Waals surface area contributed by atoms with Crippen molar-refractivity contribution < 1.29 is 19.1 Å². The normalized spacial score (nSPS) is 24.5. The minimum Gasteiger partial charge on any atom is -0.448 e. The number of nitrogens with one attached hydrogen (secondary N) is 2. The zero-order chi connectivity index (χ0) is 15.5. The number of cyclic esters (lactones) is 1. The molecule has 0 spiro atoms. The average Bonchev–Trinajstić information content (AvgIpc) is 2.72. The summed E-state index contributed by atoms with van der Waals surface area (Å²) in [5.74, 6) is -1.08. The van der Waals surface area contributed by atoms with Gasteiger partial charge >= 0.3 is 5.97 Å². The zero-order valence-corrected chi connectivity index (χ0v) is 12.1. The van der Waals surface area contributed by atoms with Gasteiger partial charge in [-0.2, -0.15) is 0 Å². The van der Waals surface area contributed by atoms with Crippen LogP contribution in [0.25, 0.3) is 0 Å². The van der Waals surface area contributed by atoms with Crippen molar-refractivity contribution in [3.8, 4) is 0 Å². The number of carbonyl (C=O) groups is 3. The molecular weight excluding hydrogens is 284 g/mol. The third-order valence-corrected chi connectivity index (χ3v) is 4.04. The van der Waals surface area contributed by atoms with E-state index in [4.69, 9.17) is 4.74 Å². The standard InChI is InChI=1S/C16H18N2O4/c19-14-12(7-3-4-8-17-14)18-15(20)13-9-10-5-1-2-6-11(10)16(21)22-13/h1-2,5-6,12-13H,3-4,7-9H2,(H,17,19)(H,18,20)/t12-,13-/m1/s1. The first-order chi connectivity index (χ1) is 10.6. The van der Waals surface area contributed by atoms with Crippen molar-refractivity contribution in [2.24, 2.45) is 0 Å². The highest BCUT2D eigenvalue weighted by atomic mass is 16.5. The van der Waals surface area contributed by atoms with Gasteiger partial charge in [-0.05, 0) is 30.9 Å². The average molecular weight is 302 g/mol. The van der Waals surface area contributed by atoms with Crippen molar-refractivity contribution in [1.82, 2.24) is 10.6 Å². The van der Waals surface area contributed by atoms with Crippen molar-refractivity contribution in [3.05, 3.63) is 35.4 Å². The molecule has 0 bridgehead atoms. The van der Waals surface area contributed by atoms with Gasteiger partial charge in [0.1, 0.15) is 6.04 Å². The fourth-order valence-electron chi connectivity index (χ4n) is 2.82. The topological polar surface area (TPSA) is 84.5 Å². The Balaban J connectivity index is 1.68. The van der Waals surface area contributed by atoms with E-state index in [0.29, 0.717) is 24.9 Å². The lowest BCUT2D eigenvalue weighted by Gasteiger charge is -2.25. The summed E-state index contributed by atoms with van der Waals surface area (Å²) in [5, 5.41) is 5.47. The van der Waals surface area contributed by atoms with Crippen LogP contribution in [0, 0.1) is 0 Å². The summed E-state index contributed by atoms with van der Waals surface area (Å²) in [7, 11) is 0. The van der Waals surface area contributed by atoms with E-state index >= 15 is 0 Å². The Bertz CT molecular complexity index is 614. The molecule has 6 heteroatoms. The van der Waals surface area contributed by atoms with Crippen molar-refractivity contribution in [2.75, 3.05) is 6.54 Å². The molecule has 0 saturated carbocycles. The molecule has 22 heavy (non-hydrogen) atoms. The van der Waals surface area contributed by atoms with Crippen LogP contribution in [-0.4, -0.2) is 36.5 Å². The number of ether oxygens (including phenoxy) is 1. The number of hydrogen-bond donors (Lipinski definition) is 2. The molecule has 0 aromatic heterocycles. The molecule has 1 fully saturated rings. The smallest absolute Gasteiger partial charge is 0.339 e. The van der Waals surface area contributed by atoms with Gasteiger partial charge in [0.25, 0.3) is 5.91 Å². The maximum atomic E-state index is 12.3. The van der Waals surface area contributed by atoms with E-state index < -0.39 is 24.0 Å². The summed E-state index contributed by atoms with van der Waals surface area (Å²) in [6.07, 6.45) is 1.84. The largest absolute Gasteiger partial charge is 0.448 e. The maximum absolute atomic E-state index is 12.3. The van der Waals surface area contributed by atoms with Crippen molar-refractivity contribution in [1.29, 1.82) is 0 Å². The second-order valence-corrected chi connectivity index (χ2v) is 5.60. The molecule has 3 rings (SSSR count). The van der Waals surface area contributed by atoms with Crippen LogP contribution in [0.3, 0.4) is 0 Å². The minimum absolute atomic E-state index is 0.173. The highest BCUT2D eigenvalue weighted by Crippen LogP contribution is 2.20. The van der Waals surface area contributed by atoms with E-state index in [2.05, 4.69) is 10.6 Å². The summed E-state index contributed by atoms with van der Waals surface area (Å²) in [6.45, 7) is 0.636. The van der Waals surface area contributed by atoms with E-state index in [1.54, 1.807) is 12.1 Å². The Morgan fingerprint density at radius 2 is 2.05 bits per heavy atom. The number of benzene rings is 1. The molecule has 2 amide bonds. The van der Waals surface area contributed by atoms with E-state index in [1.807, 2.05) is 12.1 Å². The minimum atomic E-state index is -0.876. The third-order valence-electron chi connectivity index (χ3n) is 4.04. The summed E-state index contributed by atoms with van der Waals surface area (Å²) in [6, 6.07) is 6.53. The molecule has 1 aromatic carbocycles. The highest BCUT2D eigenvalue weighted by molar-refractivity contribution is 5.96. The van der Waals surface area contributed by atoms with Gasteiger partial charge < -0.3 is 15.4 Å². The lowest BCUT2D eigenvalue weighted by molar-refractivity contribution is -0.134. The molecule has 0 unspecified atom stereocenters. The number of rotatable bonds is 2. The number of amides is 2. The fraction of sp³-hybridized carbons (Fsp3) is 0.438. The lowest BCUT2D eigenvalue weighted by atomic mass is 9.98. The molecule has 1 aromatic rings. The molecule has 2 aliphatic heterocycles. The lowest BCUT2D eigenvalue weighted by Crippen LogP contribution is -2.50. The molecule has 2 N–H and O–H groups in total. The van der Waals surface area contributed by atoms with Crippen LogP contribution in [0.15, 0.2) is 24.3 Å². The Morgan fingerprint density at radius 3 is 2.91 bits per heavy atom. The van der Waals surface area contributed by atoms with Crippen LogP contribution in [0.4, 0.5) is 0 Å². The van der Waals surface area contributed by atoms with Crippen LogP contribution in [0.1, 0.15) is 35.2 Å². The number of hydrogen-bond acceptors (Lipinski definition) is 4. The van der Waals surface area contributed by atoms with Gasteiger partial charge in [-0.1, -0.05) is 18.2 Å². The van der Waals surface area contributed by atoms with Gasteiger partial charge in [-0.15, -0.1) is 0 Å². The van der Waals surface area contributed by atoms with Crippen LogP contribution in [0.2, 0.25) is 0 Å². The Hall–Kier alpha value is -2.37. The number of fused-ring (bicyclic) bond motifs is 1. The molecular formula is C16H18N2O4. The van der Waals surface area contributed by atoms with Crippen molar-refractivity contribution in [3.63, 3.8) is 0 Å². The molecule has 6 nitrogen and oxygen atoms in total. The zero-order valence-electron chi connectivity index (χ0n) is 12.1. The van der Waals surface area contributed by atoms with E-state index in [-0.39, 0.29) is 5.91 Å². The molecule has 0 aliphatic carbocycles. The predicted molar refractivity (Wildman–Crippen MR) is 78.1 cm³/mol. The van der Waals surface area contributed by atoms with E-state index in [9.17, 15) is 14.4 Å². The van der Waals surface area contributed by atoms with Gasteiger partial charge in [0, 0.05) is 13.0 Å². The van der Waals surface area contributed by atoms with Gasteiger partial charge in [-0.3, -0.25) is 9.59 Å². The molecule has 0 radical (unpaired) electrons. The predicted octanol–water partition coefficient (Wildman–Crippen LogP) is 0.553. The summed E-state index contributed by atoms with van der Waals surface area (Å²) < 4.78 is 5.20. The SMILES string of the molecule is O=C1O[C@@H](C(=O)N[C@@H]2CCCCNC2=O)Cc2ccccc21. The van der Waals surface area contributed by atoms with Gasteiger partial charge in [0.15, 0.2) is 6.10 Å². The maximum Gasteiger partial charge on any atom is 0.339 e. The Morgan fingerprint density at radius 1 is 1.23 bits per heavy atom. The highest BCUT2D eigenvalue weighted by Gasteiger charge is 2.33. The van der Waals surface area contributed by atoms with E-state index in [1.165, 1.54) is 0 Å². The van der Waals surface area contributed by atoms with Crippen LogP contribution in [-0.2, 0) is 20.7 Å². The van der Waals surface area contributed by atoms with E-state index in [0.717, 1.165) is 18.4 Å². The Labute approximate surface area is 128 Å². The second kappa shape index (κ2) is 6.17. The van der Waals surface area contributed by atoms with Crippen LogP contribution in [0.5, 0.6) is 0 Å². The van der Waals surface area contributed by atoms with Gasteiger partial charge in [-0.25, -0.2) is 4.79 Å². The number of carbonyl (C=O) groups excluding carboxylic acids is 3. The summed E-state index contributed by atoms with van der Waals surface area (Å²) >= 11 is 0. The number of esters is 1. The van der Waals surface area contributed by atoms with Crippen LogP contribution < -0.4 is 10.6 Å². The molecule has 2 atom stereocenters. The van der Waals surface area contributed by atoms with Crippen molar-refractivity contribution >= 4 is 17.8 Å². The van der Waals surface area contributed by atoms with Gasteiger partial charge in [0.2, 0.25) is 5.91 Å². The first kappa shape index (κ1) is 14.6. The van der Waals surface area contributed by atoms with Gasteiger partial charge in [0.05, 0.1) is 5.56 Å². The van der Waals surface area contributed by atoms with Crippen molar-refractivity contribution in [2.45, 2.75) is 37.8 Å². The summed E-state index contributed by atoms with van der Waals surface area (Å²) in [4.78, 5) is 36.1. The fourth-order valence-corrected chi connectivity index (χ4v) is 2.82. The molecule has 1 saturated heterocycles. The first-order valence-electron chi connectivity index (χ1n) is 7.52. The first-order valence-corrected chi connectivity index (χ1v) is 7.52. The third kappa shape index (κ3) is 2.95. The summed E-state index contributed by atoms with van der Waals surface area (Å²) in [5.41, 5.74) is 1.29. The Kier molecular flexibility index (Phi) is 4.09. The monoisotopic (exact) mass is 302 g/mol.